The first-order chi connectivity index (χ1) is 12.4. The third-order valence-electron chi connectivity index (χ3n) is 4.26. The zero-order valence-corrected chi connectivity index (χ0v) is 15.9. The summed E-state index contributed by atoms with van der Waals surface area (Å²) >= 11 is 1.41. The van der Waals surface area contributed by atoms with Gasteiger partial charge in [-0.25, -0.2) is 14.2 Å². The number of rotatable bonds is 4. The number of aryl methyl sites for hydroxylation is 3. The van der Waals surface area contributed by atoms with E-state index >= 15 is 0 Å². The van der Waals surface area contributed by atoms with Crippen LogP contribution in [0.3, 0.4) is 0 Å². The fraction of sp³-hybridized carbons (Fsp3) is 0.316. The average molecular weight is 374 g/mol. The number of esters is 1. The van der Waals surface area contributed by atoms with Crippen molar-refractivity contribution in [1.82, 2.24) is 9.55 Å². The zero-order valence-electron chi connectivity index (χ0n) is 15.1. The first-order valence-electron chi connectivity index (χ1n) is 8.35. The second-order valence-corrected chi connectivity index (χ2v) is 7.09. The first kappa shape index (κ1) is 18.3. The van der Waals surface area contributed by atoms with E-state index in [-0.39, 0.29) is 17.6 Å². The predicted octanol–water partition coefficient (Wildman–Crippen LogP) is 4.08. The van der Waals surface area contributed by atoms with Crippen molar-refractivity contribution in [2.75, 3.05) is 6.61 Å². The molecule has 3 aromatic rings. The van der Waals surface area contributed by atoms with Crippen molar-refractivity contribution in [2.45, 2.75) is 34.2 Å². The molecule has 0 saturated heterocycles. The number of carbonyl (C=O) groups is 1. The van der Waals surface area contributed by atoms with Crippen LogP contribution in [0, 0.1) is 19.7 Å². The van der Waals surface area contributed by atoms with Gasteiger partial charge in [0.1, 0.15) is 16.4 Å². The van der Waals surface area contributed by atoms with Crippen LogP contribution >= 0.6 is 11.3 Å². The van der Waals surface area contributed by atoms with Crippen LogP contribution in [0.2, 0.25) is 0 Å². The molecule has 7 heteroatoms. The summed E-state index contributed by atoms with van der Waals surface area (Å²) in [4.78, 5) is 30.2. The largest absolute Gasteiger partial charge is 0.462 e. The van der Waals surface area contributed by atoms with E-state index < -0.39 is 17.2 Å². The quantitative estimate of drug-likeness (QED) is 0.646. The Morgan fingerprint density at radius 3 is 2.62 bits per heavy atom. The number of carbonyl (C=O) groups excluding carboxylic acids is 1. The van der Waals surface area contributed by atoms with Crippen LogP contribution in [0.25, 0.3) is 21.5 Å². The van der Waals surface area contributed by atoms with Gasteiger partial charge >= 0.3 is 5.97 Å². The van der Waals surface area contributed by atoms with Gasteiger partial charge in [0.2, 0.25) is 5.43 Å². The van der Waals surface area contributed by atoms with Crippen LogP contribution in [0.4, 0.5) is 4.39 Å². The van der Waals surface area contributed by atoms with Crippen molar-refractivity contribution >= 4 is 28.2 Å². The Morgan fingerprint density at radius 1 is 1.31 bits per heavy atom. The molecule has 0 saturated carbocycles. The molecule has 0 fully saturated rings. The van der Waals surface area contributed by atoms with Gasteiger partial charge in [0, 0.05) is 28.6 Å². The molecule has 0 spiro atoms. The molecule has 1 aromatic carbocycles. The highest BCUT2D eigenvalue weighted by Gasteiger charge is 2.19. The van der Waals surface area contributed by atoms with Crippen LogP contribution < -0.4 is 5.43 Å². The van der Waals surface area contributed by atoms with Crippen LogP contribution in [0.1, 0.15) is 34.8 Å². The molecule has 0 bridgehead atoms. The third-order valence-corrected chi connectivity index (χ3v) is 5.37. The predicted molar refractivity (Wildman–Crippen MR) is 100 cm³/mol. The highest BCUT2D eigenvalue weighted by Crippen LogP contribution is 2.31. The van der Waals surface area contributed by atoms with Crippen LogP contribution in [-0.4, -0.2) is 22.1 Å². The standard InChI is InChI=1S/C19H19FN2O3S/c1-5-22-9-14(19(24)25-6-2)17(23)13-7-15(20)12(8-16(13)22)18-21-10(3)11(4)26-18/h7-9H,5-6H2,1-4H3. The number of hydrogen-bond donors (Lipinski definition) is 0. The Morgan fingerprint density at radius 2 is 2.04 bits per heavy atom. The summed E-state index contributed by atoms with van der Waals surface area (Å²) in [5, 5.41) is 0.729. The maximum Gasteiger partial charge on any atom is 0.343 e. The van der Waals surface area contributed by atoms with Gasteiger partial charge in [-0.15, -0.1) is 11.3 Å². The lowest BCUT2D eigenvalue weighted by Crippen LogP contribution is -2.21. The molecule has 0 aliphatic rings. The fourth-order valence-corrected chi connectivity index (χ4v) is 3.71. The van der Waals surface area contributed by atoms with E-state index in [4.69, 9.17) is 4.74 Å². The highest BCUT2D eigenvalue weighted by atomic mass is 32.1. The zero-order chi connectivity index (χ0) is 19.0. The lowest BCUT2D eigenvalue weighted by atomic mass is 10.1. The van der Waals surface area contributed by atoms with E-state index in [1.54, 1.807) is 17.6 Å². The molecule has 0 unspecified atom stereocenters. The summed E-state index contributed by atoms with van der Waals surface area (Å²) in [5.41, 5.74) is 1.15. The molecule has 5 nitrogen and oxygen atoms in total. The maximum absolute atomic E-state index is 14.7. The minimum atomic E-state index is -0.697. The molecule has 0 N–H and O–H groups in total. The summed E-state index contributed by atoms with van der Waals surface area (Å²) in [6.07, 6.45) is 1.47. The topological polar surface area (TPSA) is 61.2 Å². The van der Waals surface area contributed by atoms with Gasteiger partial charge in [-0.2, -0.15) is 0 Å². The van der Waals surface area contributed by atoms with Gasteiger partial charge in [0.25, 0.3) is 0 Å². The van der Waals surface area contributed by atoms with Crippen LogP contribution in [0.15, 0.2) is 23.1 Å². The van der Waals surface area contributed by atoms with Gasteiger partial charge in [0.05, 0.1) is 17.8 Å². The second-order valence-electron chi connectivity index (χ2n) is 5.89. The minimum absolute atomic E-state index is 0.0886. The van der Waals surface area contributed by atoms with E-state index in [9.17, 15) is 14.0 Å². The lowest BCUT2D eigenvalue weighted by Gasteiger charge is -2.12. The Balaban J connectivity index is 2.29. The summed E-state index contributed by atoms with van der Waals surface area (Å²) in [7, 11) is 0. The van der Waals surface area contributed by atoms with Gasteiger partial charge in [-0.05, 0) is 39.8 Å². The van der Waals surface area contributed by atoms with Gasteiger partial charge in [0.15, 0.2) is 0 Å². The van der Waals surface area contributed by atoms with Crippen molar-refractivity contribution in [3.8, 4) is 10.6 Å². The average Bonchev–Trinajstić information content (AvgIpc) is 2.94. The molecular weight excluding hydrogens is 355 g/mol. The molecule has 0 aliphatic heterocycles. The molecule has 2 heterocycles. The summed E-state index contributed by atoms with van der Waals surface area (Å²) in [6.45, 7) is 8.05. The Hall–Kier alpha value is -2.54. The van der Waals surface area contributed by atoms with Crippen LogP contribution in [-0.2, 0) is 11.3 Å². The van der Waals surface area contributed by atoms with E-state index in [0.29, 0.717) is 22.6 Å². The molecule has 2 aromatic heterocycles. The van der Waals surface area contributed by atoms with Gasteiger partial charge in [-0.1, -0.05) is 0 Å². The number of ether oxygens (including phenoxy) is 1. The highest BCUT2D eigenvalue weighted by molar-refractivity contribution is 7.15. The van der Waals surface area contributed by atoms with Gasteiger partial charge in [-0.3, -0.25) is 4.79 Å². The smallest absolute Gasteiger partial charge is 0.343 e. The van der Waals surface area contributed by atoms with E-state index in [1.165, 1.54) is 23.6 Å². The summed E-state index contributed by atoms with van der Waals surface area (Å²) in [6, 6.07) is 2.82. The normalized spacial score (nSPS) is 11.1. The lowest BCUT2D eigenvalue weighted by molar-refractivity contribution is 0.0524. The molecule has 0 radical (unpaired) electrons. The molecule has 136 valence electrons. The first-order valence-corrected chi connectivity index (χ1v) is 9.17. The van der Waals surface area contributed by atoms with Crippen molar-refractivity contribution in [2.24, 2.45) is 0 Å². The number of fused-ring (bicyclic) bond motifs is 1. The maximum atomic E-state index is 14.7. The van der Waals surface area contributed by atoms with E-state index in [1.807, 2.05) is 20.8 Å². The van der Waals surface area contributed by atoms with Crippen molar-refractivity contribution < 1.29 is 13.9 Å². The number of pyridine rings is 1. The minimum Gasteiger partial charge on any atom is -0.462 e. The molecule has 26 heavy (non-hydrogen) atoms. The second kappa shape index (κ2) is 6.99. The number of benzene rings is 1. The number of hydrogen-bond acceptors (Lipinski definition) is 5. The van der Waals surface area contributed by atoms with Crippen molar-refractivity contribution in [1.29, 1.82) is 0 Å². The monoisotopic (exact) mass is 374 g/mol. The summed E-state index contributed by atoms with van der Waals surface area (Å²) in [5.74, 6) is -1.23. The van der Waals surface area contributed by atoms with Crippen molar-refractivity contribution in [3.63, 3.8) is 0 Å². The Bertz CT molecular complexity index is 1050. The molecule has 3 rings (SSSR count). The van der Waals surface area contributed by atoms with E-state index in [2.05, 4.69) is 4.98 Å². The third kappa shape index (κ3) is 3.03. The fourth-order valence-electron chi connectivity index (χ4n) is 2.78. The number of thiazole rings is 1. The van der Waals surface area contributed by atoms with Gasteiger partial charge < -0.3 is 9.30 Å². The van der Waals surface area contributed by atoms with Crippen LogP contribution in [0.5, 0.6) is 0 Å². The molecular formula is C19H19FN2O3S. The number of nitrogens with zero attached hydrogens (tertiary/aromatic N) is 2. The SMILES string of the molecule is CCOC(=O)c1cn(CC)c2cc(-c3nc(C)c(C)s3)c(F)cc2c1=O. The summed E-state index contributed by atoms with van der Waals surface area (Å²) < 4.78 is 21.4. The molecule has 0 amide bonds. The molecule has 0 atom stereocenters. The number of halogens is 1. The number of aromatic nitrogens is 2. The Labute approximate surface area is 154 Å². The molecule has 0 aliphatic carbocycles. The Kier molecular flexibility index (Phi) is 4.91. The van der Waals surface area contributed by atoms with Crippen molar-refractivity contribution in [3.05, 3.63) is 50.5 Å². The van der Waals surface area contributed by atoms with E-state index in [0.717, 1.165) is 10.6 Å².